The summed E-state index contributed by atoms with van der Waals surface area (Å²) < 4.78 is 0. The highest BCUT2D eigenvalue weighted by Crippen LogP contribution is 2.10. The van der Waals surface area contributed by atoms with E-state index in [1.807, 2.05) is 58.9 Å². The molecule has 0 aliphatic carbocycles. The highest BCUT2D eigenvalue weighted by molar-refractivity contribution is 5.95. The van der Waals surface area contributed by atoms with Crippen LogP contribution in [0.4, 0.5) is 5.69 Å². The van der Waals surface area contributed by atoms with E-state index in [2.05, 4.69) is 10.6 Å². The molecule has 1 aromatic rings. The number of amides is 3. The first-order chi connectivity index (χ1) is 12.2. The summed E-state index contributed by atoms with van der Waals surface area (Å²) in [5.41, 5.74) is 1.79. The maximum Gasteiger partial charge on any atom is 0.243 e. The second-order valence-corrected chi connectivity index (χ2v) is 7.11. The summed E-state index contributed by atoms with van der Waals surface area (Å²) in [6, 6.07) is 7.42. The van der Waals surface area contributed by atoms with Crippen LogP contribution >= 0.6 is 0 Å². The second-order valence-electron chi connectivity index (χ2n) is 7.11. The van der Waals surface area contributed by atoms with E-state index in [1.165, 1.54) is 0 Å². The molecular formula is C20H31N3O3. The predicted molar refractivity (Wildman–Crippen MR) is 104 cm³/mol. The van der Waals surface area contributed by atoms with Gasteiger partial charge in [-0.15, -0.1) is 0 Å². The summed E-state index contributed by atoms with van der Waals surface area (Å²) in [6.07, 6.45) is 0.730. The van der Waals surface area contributed by atoms with Crippen molar-refractivity contribution >= 4 is 23.4 Å². The molecule has 0 spiro atoms. The maximum atomic E-state index is 12.4. The molecule has 144 valence electrons. The normalized spacial score (nSPS) is 11.8. The summed E-state index contributed by atoms with van der Waals surface area (Å²) >= 11 is 0. The standard InChI is InChI=1S/C20H31N3O3/c1-6-16(5)20(26)23(12-14(2)3)13-19(25)21-11-18(24)22-17-9-7-15(4)8-10-17/h7-10,14,16H,6,11-13H2,1-5H3,(H,21,25)(H,22,24)/t16-/m0/s1. The second kappa shape index (κ2) is 10.6. The summed E-state index contributed by atoms with van der Waals surface area (Å²) in [5.74, 6) is -0.514. The smallest absolute Gasteiger partial charge is 0.243 e. The number of rotatable bonds is 9. The summed E-state index contributed by atoms with van der Waals surface area (Å²) in [4.78, 5) is 38.1. The largest absolute Gasteiger partial charge is 0.345 e. The van der Waals surface area contributed by atoms with Crippen molar-refractivity contribution < 1.29 is 14.4 Å². The molecule has 0 aliphatic heterocycles. The Balaban J connectivity index is 2.52. The van der Waals surface area contributed by atoms with Gasteiger partial charge in [0, 0.05) is 18.2 Å². The predicted octanol–water partition coefficient (Wildman–Crippen LogP) is 2.58. The number of anilines is 1. The minimum Gasteiger partial charge on any atom is -0.345 e. The monoisotopic (exact) mass is 361 g/mol. The van der Waals surface area contributed by atoms with Gasteiger partial charge in [0.05, 0.1) is 13.1 Å². The van der Waals surface area contributed by atoms with Crippen LogP contribution in [0.2, 0.25) is 0 Å². The van der Waals surface area contributed by atoms with E-state index in [9.17, 15) is 14.4 Å². The number of nitrogens with zero attached hydrogens (tertiary/aromatic N) is 1. The van der Waals surface area contributed by atoms with Gasteiger partial charge in [0.1, 0.15) is 0 Å². The molecule has 0 aliphatic rings. The Morgan fingerprint density at radius 3 is 2.19 bits per heavy atom. The van der Waals surface area contributed by atoms with Gasteiger partial charge < -0.3 is 15.5 Å². The number of hydrogen-bond acceptors (Lipinski definition) is 3. The van der Waals surface area contributed by atoms with Crippen LogP contribution in [0.25, 0.3) is 0 Å². The zero-order valence-electron chi connectivity index (χ0n) is 16.5. The molecular weight excluding hydrogens is 330 g/mol. The molecule has 0 heterocycles. The summed E-state index contributed by atoms with van der Waals surface area (Å²) in [6.45, 7) is 10.2. The third-order valence-corrected chi connectivity index (χ3v) is 4.05. The Labute approximate surface area is 156 Å². The van der Waals surface area contributed by atoms with E-state index in [0.717, 1.165) is 12.0 Å². The minimum absolute atomic E-state index is 0.0274. The average molecular weight is 361 g/mol. The first-order valence-corrected chi connectivity index (χ1v) is 9.14. The topological polar surface area (TPSA) is 78.5 Å². The SMILES string of the molecule is CC[C@H](C)C(=O)N(CC(=O)NCC(=O)Nc1ccc(C)cc1)CC(C)C. The molecule has 6 heteroatoms. The van der Waals surface area contributed by atoms with E-state index in [1.54, 1.807) is 4.90 Å². The molecule has 1 aromatic carbocycles. The lowest BCUT2D eigenvalue weighted by atomic mass is 10.1. The highest BCUT2D eigenvalue weighted by Gasteiger charge is 2.22. The molecule has 0 bridgehead atoms. The molecule has 1 rings (SSSR count). The van der Waals surface area contributed by atoms with Crippen molar-refractivity contribution in [3.8, 4) is 0 Å². The van der Waals surface area contributed by atoms with Crippen molar-refractivity contribution in [2.45, 2.75) is 41.0 Å². The number of nitrogens with one attached hydrogen (secondary N) is 2. The van der Waals surface area contributed by atoms with Crippen molar-refractivity contribution in [3.05, 3.63) is 29.8 Å². The lowest BCUT2D eigenvalue weighted by Crippen LogP contribution is -2.45. The molecule has 0 saturated heterocycles. The Morgan fingerprint density at radius 1 is 1.04 bits per heavy atom. The summed E-state index contributed by atoms with van der Waals surface area (Å²) in [5, 5.41) is 5.31. The van der Waals surface area contributed by atoms with Crippen molar-refractivity contribution in [1.82, 2.24) is 10.2 Å². The van der Waals surface area contributed by atoms with Gasteiger partial charge in [0.15, 0.2) is 0 Å². The molecule has 2 N–H and O–H groups in total. The van der Waals surface area contributed by atoms with E-state index < -0.39 is 0 Å². The third-order valence-electron chi connectivity index (χ3n) is 4.05. The molecule has 0 unspecified atom stereocenters. The molecule has 0 saturated carbocycles. The lowest BCUT2D eigenvalue weighted by molar-refractivity contribution is -0.139. The van der Waals surface area contributed by atoms with Gasteiger partial charge in [0.2, 0.25) is 17.7 Å². The Hall–Kier alpha value is -2.37. The Morgan fingerprint density at radius 2 is 1.65 bits per heavy atom. The van der Waals surface area contributed by atoms with Crippen LogP contribution < -0.4 is 10.6 Å². The zero-order valence-corrected chi connectivity index (χ0v) is 16.5. The molecule has 6 nitrogen and oxygen atoms in total. The minimum atomic E-state index is -0.332. The van der Waals surface area contributed by atoms with Gasteiger partial charge >= 0.3 is 0 Å². The van der Waals surface area contributed by atoms with Gasteiger partial charge in [-0.2, -0.15) is 0 Å². The van der Waals surface area contributed by atoms with Gasteiger partial charge in [0.25, 0.3) is 0 Å². The first kappa shape index (κ1) is 21.7. The molecule has 26 heavy (non-hydrogen) atoms. The third kappa shape index (κ3) is 7.68. The van der Waals surface area contributed by atoms with Gasteiger partial charge in [-0.05, 0) is 31.4 Å². The quantitative estimate of drug-likeness (QED) is 0.709. The number of benzene rings is 1. The molecule has 3 amide bonds. The molecule has 1 atom stereocenters. The van der Waals surface area contributed by atoms with E-state index in [-0.39, 0.29) is 42.6 Å². The number of aryl methyl sites for hydroxylation is 1. The van der Waals surface area contributed by atoms with Crippen LogP contribution in [0, 0.1) is 18.8 Å². The van der Waals surface area contributed by atoms with Crippen molar-refractivity contribution in [2.75, 3.05) is 25.0 Å². The number of carbonyl (C=O) groups is 3. The van der Waals surface area contributed by atoms with Crippen LogP contribution in [0.5, 0.6) is 0 Å². The van der Waals surface area contributed by atoms with Gasteiger partial charge in [-0.25, -0.2) is 0 Å². The van der Waals surface area contributed by atoms with Crippen LogP contribution in [-0.4, -0.2) is 42.3 Å². The van der Waals surface area contributed by atoms with E-state index in [0.29, 0.717) is 12.2 Å². The highest BCUT2D eigenvalue weighted by atomic mass is 16.2. The van der Waals surface area contributed by atoms with Crippen molar-refractivity contribution in [1.29, 1.82) is 0 Å². The maximum absolute atomic E-state index is 12.4. The van der Waals surface area contributed by atoms with Gasteiger partial charge in [-0.3, -0.25) is 14.4 Å². The molecule has 0 radical (unpaired) electrons. The van der Waals surface area contributed by atoms with Gasteiger partial charge in [-0.1, -0.05) is 45.4 Å². The van der Waals surface area contributed by atoms with Crippen molar-refractivity contribution in [2.24, 2.45) is 11.8 Å². The summed E-state index contributed by atoms with van der Waals surface area (Å²) in [7, 11) is 0. The number of carbonyl (C=O) groups excluding carboxylic acids is 3. The van der Waals surface area contributed by atoms with Crippen LogP contribution in [-0.2, 0) is 14.4 Å². The van der Waals surface area contributed by atoms with Crippen LogP contribution in [0.3, 0.4) is 0 Å². The van der Waals surface area contributed by atoms with Crippen molar-refractivity contribution in [3.63, 3.8) is 0 Å². The average Bonchev–Trinajstić information content (AvgIpc) is 2.59. The molecule has 0 aromatic heterocycles. The van der Waals surface area contributed by atoms with E-state index in [4.69, 9.17) is 0 Å². The Bertz CT molecular complexity index is 611. The fraction of sp³-hybridized carbons (Fsp3) is 0.550. The Kier molecular flexibility index (Phi) is 8.82. The molecule has 0 fully saturated rings. The fourth-order valence-corrected chi connectivity index (χ4v) is 2.41. The number of hydrogen-bond donors (Lipinski definition) is 2. The fourth-order valence-electron chi connectivity index (χ4n) is 2.41. The first-order valence-electron chi connectivity index (χ1n) is 9.14. The van der Waals surface area contributed by atoms with Crippen LogP contribution in [0.15, 0.2) is 24.3 Å². The zero-order chi connectivity index (χ0) is 19.7. The lowest BCUT2D eigenvalue weighted by Gasteiger charge is -2.26. The van der Waals surface area contributed by atoms with E-state index >= 15 is 0 Å². The van der Waals surface area contributed by atoms with Crippen LogP contribution in [0.1, 0.15) is 39.7 Å².